The summed E-state index contributed by atoms with van der Waals surface area (Å²) in [4.78, 5) is 1.79. The summed E-state index contributed by atoms with van der Waals surface area (Å²) in [5.41, 5.74) is 1.71. The molecule has 1 heterocycles. The Morgan fingerprint density at radius 3 is 2.54 bits per heavy atom. The standard InChI is InChI=1S/C23H23N3O2/c1-27-17-8-6-9-18(15-17)28-14-5-4-13-26-22(24)20-12-11-16-7-2-3-10-19(16)21(20)23(26)25/h2-3,6-12,15,24-25H,4-5,13-14H2,1H3. The fourth-order valence-electron chi connectivity index (χ4n) is 3.59. The number of rotatable bonds is 7. The first-order valence-corrected chi connectivity index (χ1v) is 9.43. The fourth-order valence-corrected chi connectivity index (χ4v) is 3.59. The van der Waals surface area contributed by atoms with Crippen LogP contribution in [0.1, 0.15) is 24.0 Å². The van der Waals surface area contributed by atoms with Gasteiger partial charge < -0.3 is 14.4 Å². The van der Waals surface area contributed by atoms with E-state index in [0.717, 1.165) is 46.2 Å². The molecule has 0 aliphatic carbocycles. The molecule has 0 radical (unpaired) electrons. The summed E-state index contributed by atoms with van der Waals surface area (Å²) < 4.78 is 11.0. The van der Waals surface area contributed by atoms with Crippen LogP contribution in [0.25, 0.3) is 10.8 Å². The summed E-state index contributed by atoms with van der Waals surface area (Å²) in [6.45, 7) is 1.24. The molecule has 1 aliphatic heterocycles. The Bertz CT molecular complexity index is 1040. The van der Waals surface area contributed by atoms with Crippen LogP contribution in [-0.4, -0.2) is 36.8 Å². The van der Waals surface area contributed by atoms with Gasteiger partial charge in [0, 0.05) is 23.7 Å². The Morgan fingerprint density at radius 1 is 0.857 bits per heavy atom. The highest BCUT2D eigenvalue weighted by Gasteiger charge is 2.30. The monoisotopic (exact) mass is 373 g/mol. The smallest absolute Gasteiger partial charge is 0.135 e. The van der Waals surface area contributed by atoms with Gasteiger partial charge in [0.05, 0.1) is 13.7 Å². The molecule has 0 fully saturated rings. The average molecular weight is 373 g/mol. The first-order chi connectivity index (χ1) is 13.7. The lowest BCUT2D eigenvalue weighted by atomic mass is 10.0. The van der Waals surface area contributed by atoms with Crippen molar-refractivity contribution >= 4 is 22.4 Å². The highest BCUT2D eigenvalue weighted by Crippen LogP contribution is 2.30. The van der Waals surface area contributed by atoms with E-state index in [1.807, 2.05) is 60.7 Å². The van der Waals surface area contributed by atoms with Gasteiger partial charge in [0.15, 0.2) is 0 Å². The molecule has 0 saturated carbocycles. The van der Waals surface area contributed by atoms with Gasteiger partial charge >= 0.3 is 0 Å². The molecule has 0 atom stereocenters. The maximum atomic E-state index is 8.60. The molecule has 3 aromatic rings. The topological polar surface area (TPSA) is 69.4 Å². The number of nitrogens with zero attached hydrogens (tertiary/aromatic N) is 1. The van der Waals surface area contributed by atoms with E-state index in [-0.39, 0.29) is 0 Å². The predicted octanol–water partition coefficient (Wildman–Crippen LogP) is 4.67. The van der Waals surface area contributed by atoms with Crippen LogP contribution in [0.3, 0.4) is 0 Å². The Morgan fingerprint density at radius 2 is 1.68 bits per heavy atom. The number of hydrogen-bond donors (Lipinski definition) is 2. The molecular formula is C23H23N3O2. The summed E-state index contributed by atoms with van der Waals surface area (Å²) in [5.74, 6) is 2.41. The van der Waals surface area contributed by atoms with Crippen molar-refractivity contribution in [2.45, 2.75) is 12.8 Å². The van der Waals surface area contributed by atoms with Crippen molar-refractivity contribution in [1.82, 2.24) is 4.90 Å². The zero-order chi connectivity index (χ0) is 19.5. The van der Waals surface area contributed by atoms with Crippen molar-refractivity contribution in [1.29, 1.82) is 10.8 Å². The van der Waals surface area contributed by atoms with E-state index >= 15 is 0 Å². The lowest BCUT2D eigenvalue weighted by Crippen LogP contribution is -2.31. The molecule has 0 aromatic heterocycles. The van der Waals surface area contributed by atoms with Gasteiger partial charge in [-0.2, -0.15) is 0 Å². The minimum atomic E-state index is 0.416. The van der Waals surface area contributed by atoms with Gasteiger partial charge in [-0.25, -0.2) is 0 Å². The van der Waals surface area contributed by atoms with E-state index in [1.165, 1.54) is 0 Å². The van der Waals surface area contributed by atoms with Gasteiger partial charge in [0.1, 0.15) is 23.2 Å². The van der Waals surface area contributed by atoms with Crippen LogP contribution >= 0.6 is 0 Å². The molecule has 142 valence electrons. The van der Waals surface area contributed by atoms with Crippen molar-refractivity contribution < 1.29 is 9.47 Å². The van der Waals surface area contributed by atoms with Gasteiger partial charge in [-0.15, -0.1) is 0 Å². The quantitative estimate of drug-likeness (QED) is 0.591. The Balaban J connectivity index is 1.36. The molecule has 0 saturated heterocycles. The molecule has 5 nitrogen and oxygen atoms in total. The van der Waals surface area contributed by atoms with Gasteiger partial charge in [-0.05, 0) is 41.8 Å². The highest BCUT2D eigenvalue weighted by atomic mass is 16.5. The number of methoxy groups -OCH3 is 1. The van der Waals surface area contributed by atoms with Gasteiger partial charge in [0.25, 0.3) is 0 Å². The summed E-state index contributed by atoms with van der Waals surface area (Å²) in [6, 6.07) is 19.6. The van der Waals surface area contributed by atoms with Crippen LogP contribution in [0.2, 0.25) is 0 Å². The van der Waals surface area contributed by atoms with E-state index in [9.17, 15) is 0 Å². The maximum absolute atomic E-state index is 8.60. The number of unbranched alkanes of at least 4 members (excludes halogenated alkanes) is 1. The van der Waals surface area contributed by atoms with E-state index in [1.54, 1.807) is 12.0 Å². The van der Waals surface area contributed by atoms with Crippen molar-refractivity contribution in [3.63, 3.8) is 0 Å². The molecule has 2 N–H and O–H groups in total. The third kappa shape index (κ3) is 3.31. The number of benzene rings is 3. The summed E-state index contributed by atoms with van der Waals surface area (Å²) in [5, 5.41) is 19.2. The molecule has 4 rings (SSSR count). The molecule has 0 unspecified atom stereocenters. The molecule has 3 aromatic carbocycles. The Labute approximate surface area is 164 Å². The number of amidine groups is 2. The Kier molecular flexibility index (Phi) is 4.98. The third-order valence-electron chi connectivity index (χ3n) is 5.05. The number of nitrogens with one attached hydrogen (secondary N) is 2. The summed E-state index contributed by atoms with van der Waals surface area (Å²) in [6.07, 6.45) is 1.70. The van der Waals surface area contributed by atoms with Gasteiger partial charge in [-0.1, -0.05) is 36.4 Å². The third-order valence-corrected chi connectivity index (χ3v) is 5.05. The average Bonchev–Trinajstić information content (AvgIpc) is 2.98. The first-order valence-electron chi connectivity index (χ1n) is 9.43. The van der Waals surface area contributed by atoms with Crippen LogP contribution in [0.15, 0.2) is 60.7 Å². The second-order valence-electron chi connectivity index (χ2n) is 6.79. The van der Waals surface area contributed by atoms with E-state index in [2.05, 4.69) is 0 Å². The second kappa shape index (κ2) is 7.72. The molecule has 0 bridgehead atoms. The first kappa shape index (κ1) is 18.0. The molecule has 28 heavy (non-hydrogen) atoms. The summed E-state index contributed by atoms with van der Waals surface area (Å²) in [7, 11) is 1.64. The number of ether oxygens (including phenoxy) is 2. The van der Waals surface area contributed by atoms with Crippen molar-refractivity contribution in [2.75, 3.05) is 20.3 Å². The maximum Gasteiger partial charge on any atom is 0.135 e. The zero-order valence-corrected chi connectivity index (χ0v) is 15.9. The molecule has 0 spiro atoms. The highest BCUT2D eigenvalue weighted by molar-refractivity contribution is 6.28. The van der Waals surface area contributed by atoms with Crippen LogP contribution < -0.4 is 9.47 Å². The largest absolute Gasteiger partial charge is 0.497 e. The van der Waals surface area contributed by atoms with Crippen molar-refractivity contribution in [3.05, 3.63) is 71.8 Å². The minimum absolute atomic E-state index is 0.416. The Hall–Kier alpha value is -3.34. The lowest BCUT2D eigenvalue weighted by Gasteiger charge is -2.18. The number of fused-ring (bicyclic) bond motifs is 3. The van der Waals surface area contributed by atoms with E-state index < -0.39 is 0 Å². The summed E-state index contributed by atoms with van der Waals surface area (Å²) >= 11 is 0. The van der Waals surface area contributed by atoms with E-state index in [4.69, 9.17) is 20.3 Å². The lowest BCUT2D eigenvalue weighted by molar-refractivity contribution is 0.301. The SMILES string of the molecule is COc1cccc(OCCCCN2C(=N)c3ccc4ccccc4c3C2=N)c1. The fraction of sp³-hybridized carbons (Fsp3) is 0.217. The number of hydrogen-bond acceptors (Lipinski definition) is 4. The normalized spacial score (nSPS) is 13.1. The minimum Gasteiger partial charge on any atom is -0.497 e. The molecule has 0 amide bonds. The molecule has 5 heteroatoms. The predicted molar refractivity (Wildman–Crippen MR) is 112 cm³/mol. The second-order valence-corrected chi connectivity index (χ2v) is 6.79. The van der Waals surface area contributed by atoms with Gasteiger partial charge in [0.2, 0.25) is 0 Å². The van der Waals surface area contributed by atoms with Crippen LogP contribution in [0.4, 0.5) is 0 Å². The van der Waals surface area contributed by atoms with Crippen LogP contribution in [0.5, 0.6) is 11.5 Å². The molecular weight excluding hydrogens is 350 g/mol. The molecule has 1 aliphatic rings. The van der Waals surface area contributed by atoms with Crippen LogP contribution in [0, 0.1) is 10.8 Å². The van der Waals surface area contributed by atoms with Crippen molar-refractivity contribution in [2.24, 2.45) is 0 Å². The van der Waals surface area contributed by atoms with Crippen molar-refractivity contribution in [3.8, 4) is 11.5 Å². The van der Waals surface area contributed by atoms with Crippen LogP contribution in [-0.2, 0) is 0 Å². The van der Waals surface area contributed by atoms with E-state index in [0.29, 0.717) is 24.8 Å². The zero-order valence-electron chi connectivity index (χ0n) is 15.9. The van der Waals surface area contributed by atoms with Gasteiger partial charge in [-0.3, -0.25) is 10.8 Å².